The van der Waals surface area contributed by atoms with Crippen molar-refractivity contribution < 1.29 is 14.3 Å². The molecule has 1 aliphatic rings. The molecule has 1 aliphatic heterocycles. The molecule has 5 heteroatoms. The number of hydrogen-bond donors (Lipinski definition) is 2. The van der Waals surface area contributed by atoms with Crippen molar-refractivity contribution >= 4 is 11.9 Å². The molecule has 1 aromatic carbocycles. The van der Waals surface area contributed by atoms with Crippen LogP contribution in [0.3, 0.4) is 0 Å². The minimum absolute atomic E-state index is 0.000941. The summed E-state index contributed by atoms with van der Waals surface area (Å²) in [6.07, 6.45) is 2.49. The van der Waals surface area contributed by atoms with Crippen LogP contribution in [0.25, 0.3) is 0 Å². The van der Waals surface area contributed by atoms with Crippen LogP contribution >= 0.6 is 0 Å². The highest BCUT2D eigenvalue weighted by atomic mass is 16.5. The molecule has 1 fully saturated rings. The number of hydrogen-bond acceptors (Lipinski definition) is 4. The van der Waals surface area contributed by atoms with Crippen LogP contribution in [0.1, 0.15) is 24.0 Å². The number of benzene rings is 1. The lowest BCUT2D eigenvalue weighted by molar-refractivity contribution is -0.145. The molecular weight excluding hydrogens is 292 g/mol. The molecule has 126 valence electrons. The van der Waals surface area contributed by atoms with Gasteiger partial charge in [0, 0.05) is 13.1 Å². The van der Waals surface area contributed by atoms with E-state index < -0.39 is 0 Å². The summed E-state index contributed by atoms with van der Waals surface area (Å²) in [6, 6.07) is 8.05. The first-order valence-electron chi connectivity index (χ1n) is 8.22. The summed E-state index contributed by atoms with van der Waals surface area (Å²) in [5.41, 5.74) is 2.23. The van der Waals surface area contributed by atoms with Crippen molar-refractivity contribution in [2.24, 2.45) is 11.8 Å². The molecule has 23 heavy (non-hydrogen) atoms. The quantitative estimate of drug-likeness (QED) is 0.779. The second-order valence-corrected chi connectivity index (χ2v) is 6.20. The molecule has 5 nitrogen and oxygen atoms in total. The second-order valence-electron chi connectivity index (χ2n) is 6.20. The van der Waals surface area contributed by atoms with E-state index in [1.807, 2.05) is 25.1 Å². The van der Waals surface area contributed by atoms with E-state index in [0.717, 1.165) is 30.5 Å². The molecule has 1 amide bonds. The van der Waals surface area contributed by atoms with Crippen LogP contribution in [-0.4, -0.2) is 38.6 Å². The minimum atomic E-state index is -0.359. The number of ether oxygens (including phenoxy) is 1. The molecule has 0 saturated carbocycles. The number of methoxy groups -OCH3 is 1. The van der Waals surface area contributed by atoms with E-state index in [4.69, 9.17) is 4.74 Å². The van der Waals surface area contributed by atoms with Crippen molar-refractivity contribution in [1.29, 1.82) is 0 Å². The highest BCUT2D eigenvalue weighted by Crippen LogP contribution is 2.13. The lowest BCUT2D eigenvalue weighted by Crippen LogP contribution is -2.43. The van der Waals surface area contributed by atoms with Gasteiger partial charge in [-0.05, 0) is 38.3 Å². The number of aryl methyl sites for hydroxylation is 1. The van der Waals surface area contributed by atoms with Gasteiger partial charge >= 0.3 is 5.97 Å². The Morgan fingerprint density at radius 1 is 1.43 bits per heavy atom. The first-order valence-corrected chi connectivity index (χ1v) is 8.22. The Kier molecular flexibility index (Phi) is 6.59. The van der Waals surface area contributed by atoms with Gasteiger partial charge in [-0.1, -0.05) is 29.8 Å². The predicted molar refractivity (Wildman–Crippen MR) is 89.0 cm³/mol. The molecule has 1 heterocycles. The standard InChI is InChI=1S/C18H26N2O3/c1-13-5-3-6-14(9-13)10-16(18(22)23-2)12-20-17(21)15-7-4-8-19-11-15/h3,5-6,9,15-16,19H,4,7-8,10-12H2,1-2H3,(H,20,21). The summed E-state index contributed by atoms with van der Waals surface area (Å²) in [5, 5.41) is 6.15. The molecule has 0 radical (unpaired) electrons. The van der Waals surface area contributed by atoms with Gasteiger partial charge in [0.15, 0.2) is 0 Å². The number of nitrogens with one attached hydrogen (secondary N) is 2. The smallest absolute Gasteiger partial charge is 0.310 e. The van der Waals surface area contributed by atoms with Crippen LogP contribution < -0.4 is 10.6 Å². The Morgan fingerprint density at radius 3 is 2.91 bits per heavy atom. The van der Waals surface area contributed by atoms with Gasteiger partial charge in [-0.2, -0.15) is 0 Å². The normalized spacial score (nSPS) is 19.0. The zero-order chi connectivity index (χ0) is 16.7. The highest BCUT2D eigenvalue weighted by molar-refractivity contribution is 5.80. The van der Waals surface area contributed by atoms with Gasteiger partial charge in [0.2, 0.25) is 5.91 Å². The maximum atomic E-state index is 12.2. The van der Waals surface area contributed by atoms with E-state index in [0.29, 0.717) is 19.5 Å². The lowest BCUT2D eigenvalue weighted by atomic mass is 9.96. The van der Waals surface area contributed by atoms with E-state index in [2.05, 4.69) is 16.7 Å². The van der Waals surface area contributed by atoms with Crippen LogP contribution in [0.2, 0.25) is 0 Å². The molecule has 0 aromatic heterocycles. The molecule has 0 spiro atoms. The van der Waals surface area contributed by atoms with Crippen molar-refractivity contribution in [1.82, 2.24) is 10.6 Å². The topological polar surface area (TPSA) is 67.4 Å². The molecule has 2 atom stereocenters. The van der Waals surface area contributed by atoms with Crippen LogP contribution in [0, 0.1) is 18.8 Å². The number of rotatable bonds is 6. The Morgan fingerprint density at radius 2 is 2.26 bits per heavy atom. The summed E-state index contributed by atoms with van der Waals surface area (Å²) < 4.78 is 4.89. The Labute approximate surface area is 137 Å². The Bertz CT molecular complexity index is 539. The number of carbonyl (C=O) groups excluding carboxylic acids is 2. The monoisotopic (exact) mass is 318 g/mol. The van der Waals surface area contributed by atoms with E-state index in [1.165, 1.54) is 7.11 Å². The van der Waals surface area contributed by atoms with Gasteiger partial charge in [-0.15, -0.1) is 0 Å². The van der Waals surface area contributed by atoms with E-state index in [9.17, 15) is 9.59 Å². The SMILES string of the molecule is COC(=O)C(CNC(=O)C1CCCNC1)Cc1cccc(C)c1. The first kappa shape index (κ1) is 17.5. The average Bonchev–Trinajstić information content (AvgIpc) is 2.58. The fourth-order valence-electron chi connectivity index (χ4n) is 2.97. The van der Waals surface area contributed by atoms with Crippen LogP contribution in [0.4, 0.5) is 0 Å². The molecule has 1 aromatic rings. The average molecular weight is 318 g/mol. The van der Waals surface area contributed by atoms with Crippen molar-refractivity contribution in [3.63, 3.8) is 0 Å². The maximum absolute atomic E-state index is 12.2. The van der Waals surface area contributed by atoms with Gasteiger partial charge in [0.05, 0.1) is 18.9 Å². The number of esters is 1. The van der Waals surface area contributed by atoms with E-state index >= 15 is 0 Å². The molecule has 0 bridgehead atoms. The molecule has 0 aliphatic carbocycles. The number of carbonyl (C=O) groups is 2. The van der Waals surface area contributed by atoms with Gasteiger partial charge in [0.1, 0.15) is 0 Å². The van der Waals surface area contributed by atoms with Crippen LogP contribution in [-0.2, 0) is 20.7 Å². The van der Waals surface area contributed by atoms with Gasteiger partial charge in [-0.3, -0.25) is 9.59 Å². The molecule has 1 saturated heterocycles. The summed E-state index contributed by atoms with van der Waals surface area (Å²) in [4.78, 5) is 24.2. The van der Waals surface area contributed by atoms with E-state index in [-0.39, 0.29) is 23.7 Å². The van der Waals surface area contributed by atoms with Crippen molar-refractivity contribution in [3.8, 4) is 0 Å². The molecule has 2 rings (SSSR count). The third kappa shape index (κ3) is 5.36. The fourth-order valence-corrected chi connectivity index (χ4v) is 2.97. The highest BCUT2D eigenvalue weighted by Gasteiger charge is 2.24. The fraction of sp³-hybridized carbons (Fsp3) is 0.556. The van der Waals surface area contributed by atoms with Crippen LogP contribution in [0.5, 0.6) is 0 Å². The summed E-state index contributed by atoms with van der Waals surface area (Å²) >= 11 is 0. The zero-order valence-electron chi connectivity index (χ0n) is 13.9. The first-order chi connectivity index (χ1) is 11.1. The zero-order valence-corrected chi connectivity index (χ0v) is 13.9. The van der Waals surface area contributed by atoms with Gasteiger partial charge in [-0.25, -0.2) is 0 Å². The molecule has 2 unspecified atom stereocenters. The van der Waals surface area contributed by atoms with Crippen molar-refractivity contribution in [2.75, 3.05) is 26.7 Å². The Balaban J connectivity index is 1.93. The molecular formula is C18H26N2O3. The van der Waals surface area contributed by atoms with E-state index in [1.54, 1.807) is 0 Å². The lowest BCUT2D eigenvalue weighted by Gasteiger charge is -2.23. The Hall–Kier alpha value is -1.88. The summed E-state index contributed by atoms with van der Waals surface area (Å²) in [5.74, 6) is -0.618. The summed E-state index contributed by atoms with van der Waals surface area (Å²) in [6.45, 7) is 4.03. The van der Waals surface area contributed by atoms with Crippen LogP contribution in [0.15, 0.2) is 24.3 Å². The largest absolute Gasteiger partial charge is 0.469 e. The second kappa shape index (κ2) is 8.67. The van der Waals surface area contributed by atoms with Gasteiger partial charge < -0.3 is 15.4 Å². The van der Waals surface area contributed by atoms with Crippen molar-refractivity contribution in [3.05, 3.63) is 35.4 Å². The minimum Gasteiger partial charge on any atom is -0.469 e. The van der Waals surface area contributed by atoms with Gasteiger partial charge in [0.25, 0.3) is 0 Å². The number of amides is 1. The third-order valence-electron chi connectivity index (χ3n) is 4.29. The number of piperidine rings is 1. The maximum Gasteiger partial charge on any atom is 0.310 e. The van der Waals surface area contributed by atoms with Crippen molar-refractivity contribution in [2.45, 2.75) is 26.2 Å². The predicted octanol–water partition coefficient (Wildman–Crippen LogP) is 1.44. The molecule has 2 N–H and O–H groups in total. The third-order valence-corrected chi connectivity index (χ3v) is 4.29. The summed E-state index contributed by atoms with van der Waals surface area (Å²) in [7, 11) is 1.39.